The van der Waals surface area contributed by atoms with Crippen molar-refractivity contribution in [3.63, 3.8) is 0 Å². The molecule has 1 N–H and O–H groups in total. The second-order valence-electron chi connectivity index (χ2n) is 8.11. The minimum atomic E-state index is -0.0295. The number of aliphatic hydroxyl groups is 1. The van der Waals surface area contributed by atoms with E-state index in [-0.39, 0.29) is 24.0 Å². The number of aliphatic hydroxyl groups excluding tert-OH is 1. The third kappa shape index (κ3) is 3.37. The molecule has 8 heteroatoms. The topological polar surface area (TPSA) is 83.7 Å². The van der Waals surface area contributed by atoms with E-state index < -0.39 is 0 Å². The quantitative estimate of drug-likeness (QED) is 0.827. The molecule has 0 radical (unpaired) electrons. The van der Waals surface area contributed by atoms with Crippen LogP contribution in [0.4, 0.5) is 0 Å². The summed E-state index contributed by atoms with van der Waals surface area (Å²) in [5, 5.41) is 13.5. The summed E-state index contributed by atoms with van der Waals surface area (Å²) in [6.45, 7) is 4.54. The molecule has 3 aliphatic rings. The summed E-state index contributed by atoms with van der Waals surface area (Å²) in [4.78, 5) is 20.9. The highest BCUT2D eigenvalue weighted by molar-refractivity contribution is 5.90. The van der Waals surface area contributed by atoms with Crippen molar-refractivity contribution < 1.29 is 14.6 Å². The Bertz CT molecular complexity index is 641. The Labute approximate surface area is 154 Å². The van der Waals surface area contributed by atoms with E-state index in [0.717, 1.165) is 58.5 Å². The molecule has 1 unspecified atom stereocenters. The molecule has 1 spiro atoms. The van der Waals surface area contributed by atoms with Crippen molar-refractivity contribution in [2.45, 2.75) is 44.2 Å². The number of rotatable bonds is 4. The highest BCUT2D eigenvalue weighted by atomic mass is 16.5. The van der Waals surface area contributed by atoms with Gasteiger partial charge in [0.25, 0.3) is 5.91 Å². The third-order valence-corrected chi connectivity index (χ3v) is 6.45. The molecule has 0 aromatic carbocycles. The van der Waals surface area contributed by atoms with Crippen LogP contribution in [-0.2, 0) is 11.8 Å². The molecule has 0 aliphatic carbocycles. The third-order valence-electron chi connectivity index (χ3n) is 6.45. The van der Waals surface area contributed by atoms with Crippen LogP contribution in [0.25, 0.3) is 0 Å². The number of carbonyl (C=O) groups excluding carboxylic acids is 1. The number of hydrogen-bond acceptors (Lipinski definition) is 6. The predicted molar refractivity (Wildman–Crippen MR) is 94.6 cm³/mol. The zero-order chi connectivity index (χ0) is 18.1. The molecule has 3 fully saturated rings. The Morgan fingerprint density at radius 1 is 1.38 bits per heavy atom. The van der Waals surface area contributed by atoms with Crippen LogP contribution in [0.5, 0.6) is 0 Å². The van der Waals surface area contributed by atoms with Crippen molar-refractivity contribution in [2.75, 3.05) is 39.4 Å². The Balaban J connectivity index is 1.30. The van der Waals surface area contributed by atoms with Crippen LogP contribution in [0, 0.1) is 5.41 Å². The summed E-state index contributed by atoms with van der Waals surface area (Å²) in [7, 11) is 1.75. The van der Waals surface area contributed by atoms with Crippen LogP contribution >= 0.6 is 0 Å². The van der Waals surface area contributed by atoms with Gasteiger partial charge in [-0.1, -0.05) is 0 Å². The van der Waals surface area contributed by atoms with Crippen molar-refractivity contribution >= 4 is 5.91 Å². The molecule has 0 bridgehead atoms. The number of aryl methyl sites for hydroxylation is 1. The van der Waals surface area contributed by atoms with Crippen LogP contribution in [0.15, 0.2) is 6.33 Å². The molecule has 1 aromatic rings. The maximum atomic E-state index is 12.6. The molecule has 2 atom stereocenters. The fourth-order valence-corrected chi connectivity index (χ4v) is 4.78. The molecule has 3 aliphatic heterocycles. The van der Waals surface area contributed by atoms with Crippen molar-refractivity contribution in [3.8, 4) is 0 Å². The van der Waals surface area contributed by atoms with Gasteiger partial charge in [0.05, 0.1) is 19.3 Å². The SMILES string of the molecule is Cn1ncnc1C(=O)N1CCC2(CC1)COC(CN1CCC[C@H]1CO)C2. The fourth-order valence-electron chi connectivity index (χ4n) is 4.78. The molecule has 144 valence electrons. The van der Waals surface area contributed by atoms with E-state index in [1.807, 2.05) is 4.90 Å². The first-order valence-electron chi connectivity index (χ1n) is 9.70. The van der Waals surface area contributed by atoms with Gasteiger partial charge in [-0.25, -0.2) is 9.67 Å². The summed E-state index contributed by atoms with van der Waals surface area (Å²) in [5.41, 5.74) is 0.204. The normalized spacial score (nSPS) is 28.9. The molecular formula is C18H29N5O3. The van der Waals surface area contributed by atoms with Gasteiger partial charge >= 0.3 is 0 Å². The minimum absolute atomic E-state index is 0.0295. The van der Waals surface area contributed by atoms with Crippen LogP contribution in [-0.4, -0.2) is 87.1 Å². The second-order valence-corrected chi connectivity index (χ2v) is 8.11. The highest BCUT2D eigenvalue weighted by Gasteiger charge is 2.44. The average Bonchev–Trinajstić information content (AvgIpc) is 3.36. The number of ether oxygens (including phenoxy) is 1. The smallest absolute Gasteiger partial charge is 0.291 e. The lowest BCUT2D eigenvalue weighted by Crippen LogP contribution is -2.44. The summed E-state index contributed by atoms with van der Waals surface area (Å²) in [5.74, 6) is 0.378. The number of nitrogens with zero attached hydrogens (tertiary/aromatic N) is 5. The van der Waals surface area contributed by atoms with Gasteiger partial charge in [-0.05, 0) is 44.1 Å². The molecule has 4 heterocycles. The zero-order valence-electron chi connectivity index (χ0n) is 15.5. The number of piperidine rings is 1. The molecule has 1 aromatic heterocycles. The van der Waals surface area contributed by atoms with Gasteiger partial charge in [-0.3, -0.25) is 9.69 Å². The lowest BCUT2D eigenvalue weighted by molar-refractivity contribution is 0.0395. The molecule has 8 nitrogen and oxygen atoms in total. The Kier molecular flexibility index (Phi) is 4.98. The largest absolute Gasteiger partial charge is 0.395 e. The Morgan fingerprint density at radius 2 is 2.19 bits per heavy atom. The maximum absolute atomic E-state index is 12.6. The number of likely N-dealkylation sites (tertiary alicyclic amines) is 2. The summed E-state index contributed by atoms with van der Waals surface area (Å²) in [6, 6.07) is 0.306. The predicted octanol–water partition coefficient (Wildman–Crippen LogP) is 0.283. The van der Waals surface area contributed by atoms with Gasteiger partial charge in [-0.2, -0.15) is 5.10 Å². The van der Waals surface area contributed by atoms with Crippen molar-refractivity contribution in [3.05, 3.63) is 12.2 Å². The maximum Gasteiger partial charge on any atom is 0.291 e. The van der Waals surface area contributed by atoms with E-state index in [1.54, 1.807) is 7.05 Å². The molecule has 4 rings (SSSR count). The number of aromatic nitrogens is 3. The lowest BCUT2D eigenvalue weighted by atomic mass is 9.76. The Morgan fingerprint density at radius 3 is 2.88 bits per heavy atom. The summed E-state index contributed by atoms with van der Waals surface area (Å²) in [6.07, 6.45) is 6.96. The molecule has 3 saturated heterocycles. The van der Waals surface area contributed by atoms with E-state index in [1.165, 1.54) is 17.4 Å². The van der Waals surface area contributed by atoms with E-state index in [2.05, 4.69) is 15.0 Å². The monoisotopic (exact) mass is 363 g/mol. The van der Waals surface area contributed by atoms with Gasteiger partial charge < -0.3 is 14.7 Å². The lowest BCUT2D eigenvalue weighted by Gasteiger charge is -2.38. The van der Waals surface area contributed by atoms with E-state index >= 15 is 0 Å². The molecule has 26 heavy (non-hydrogen) atoms. The second kappa shape index (κ2) is 7.25. The minimum Gasteiger partial charge on any atom is -0.395 e. The molecule has 0 saturated carbocycles. The van der Waals surface area contributed by atoms with Crippen molar-refractivity contribution in [2.24, 2.45) is 12.5 Å². The van der Waals surface area contributed by atoms with Crippen LogP contribution in [0.3, 0.4) is 0 Å². The van der Waals surface area contributed by atoms with Gasteiger partial charge in [0.1, 0.15) is 6.33 Å². The average molecular weight is 363 g/mol. The van der Waals surface area contributed by atoms with Crippen LogP contribution in [0.2, 0.25) is 0 Å². The number of hydrogen-bond donors (Lipinski definition) is 1. The zero-order valence-corrected chi connectivity index (χ0v) is 15.5. The Hall–Kier alpha value is -1.51. The first-order chi connectivity index (χ1) is 12.6. The first-order valence-corrected chi connectivity index (χ1v) is 9.70. The van der Waals surface area contributed by atoms with Gasteiger partial charge in [0.2, 0.25) is 5.82 Å². The number of amides is 1. The van der Waals surface area contributed by atoms with Crippen LogP contribution < -0.4 is 0 Å². The van der Waals surface area contributed by atoms with E-state index in [9.17, 15) is 9.90 Å². The molecule has 1 amide bonds. The van der Waals surface area contributed by atoms with E-state index in [4.69, 9.17) is 4.74 Å². The van der Waals surface area contributed by atoms with Gasteiger partial charge in [-0.15, -0.1) is 0 Å². The van der Waals surface area contributed by atoms with Crippen molar-refractivity contribution in [1.82, 2.24) is 24.6 Å². The van der Waals surface area contributed by atoms with Gasteiger partial charge in [0.15, 0.2) is 0 Å². The van der Waals surface area contributed by atoms with Crippen molar-refractivity contribution in [1.29, 1.82) is 0 Å². The molecular weight excluding hydrogens is 334 g/mol. The fraction of sp³-hybridized carbons (Fsp3) is 0.833. The van der Waals surface area contributed by atoms with Crippen LogP contribution in [0.1, 0.15) is 42.7 Å². The highest BCUT2D eigenvalue weighted by Crippen LogP contribution is 2.42. The first kappa shape index (κ1) is 17.9. The van der Waals surface area contributed by atoms with E-state index in [0.29, 0.717) is 11.9 Å². The summed E-state index contributed by atoms with van der Waals surface area (Å²) < 4.78 is 7.67. The standard InChI is InChI=1S/C18H29N5O3/c1-21-16(19-13-20-21)17(25)22-7-4-18(5-8-22)9-15(26-12-18)10-23-6-2-3-14(23)11-24/h13-15,24H,2-12H2,1H3/t14-,15?/m0/s1. The van der Waals surface area contributed by atoms with Gasteiger partial charge in [0, 0.05) is 32.7 Å². The number of carbonyl (C=O) groups is 1. The summed E-state index contributed by atoms with van der Waals surface area (Å²) >= 11 is 0.